The second-order valence-corrected chi connectivity index (χ2v) is 7.78. The van der Waals surface area contributed by atoms with E-state index in [0.29, 0.717) is 25.2 Å². The number of ether oxygens (including phenoxy) is 1. The molecule has 1 aromatic heterocycles. The first-order chi connectivity index (χ1) is 10.4. The maximum atomic E-state index is 12.2. The molecule has 1 amide bonds. The summed E-state index contributed by atoms with van der Waals surface area (Å²) in [6.45, 7) is 0.834. The molecule has 8 heteroatoms. The molecular weight excluding hydrogens is 306 g/mol. The number of piperidine rings is 1. The predicted octanol–water partition coefficient (Wildman–Crippen LogP) is 0.459. The van der Waals surface area contributed by atoms with E-state index in [9.17, 15) is 13.2 Å². The van der Waals surface area contributed by atoms with E-state index in [1.54, 1.807) is 24.5 Å². The van der Waals surface area contributed by atoms with Crippen molar-refractivity contribution in [2.24, 2.45) is 5.92 Å². The zero-order valence-corrected chi connectivity index (χ0v) is 13.1. The molecule has 3 heterocycles. The summed E-state index contributed by atoms with van der Waals surface area (Å²) in [5.74, 6) is 0.0379. The Morgan fingerprint density at radius 3 is 3.00 bits per heavy atom. The van der Waals surface area contributed by atoms with Crippen molar-refractivity contribution in [2.75, 3.05) is 24.7 Å². The zero-order valence-electron chi connectivity index (χ0n) is 12.3. The van der Waals surface area contributed by atoms with Gasteiger partial charge in [0.05, 0.1) is 24.2 Å². The van der Waals surface area contributed by atoms with Gasteiger partial charge in [0.25, 0.3) is 5.91 Å². The Morgan fingerprint density at radius 1 is 1.50 bits per heavy atom. The Balaban J connectivity index is 1.61. The molecule has 2 saturated heterocycles. The zero-order chi connectivity index (χ0) is 15.7. The number of carbonyl (C=O) groups is 1. The molecule has 1 aromatic rings. The molecule has 2 fully saturated rings. The van der Waals surface area contributed by atoms with Crippen LogP contribution in [0, 0.1) is 5.92 Å². The van der Waals surface area contributed by atoms with Crippen LogP contribution in [-0.4, -0.2) is 55.2 Å². The predicted molar refractivity (Wildman–Crippen MR) is 80.7 cm³/mol. The molecular formula is C14H19N3O4S. The highest BCUT2D eigenvalue weighted by Crippen LogP contribution is 2.34. The van der Waals surface area contributed by atoms with Gasteiger partial charge in [0.15, 0.2) is 0 Å². The Labute approximate surface area is 129 Å². The molecule has 0 unspecified atom stereocenters. The van der Waals surface area contributed by atoms with Gasteiger partial charge in [-0.05, 0) is 30.9 Å². The molecule has 3 rings (SSSR count). The fourth-order valence-corrected chi connectivity index (χ4v) is 3.89. The number of fused-ring (bicyclic) bond motifs is 1. The van der Waals surface area contributed by atoms with Gasteiger partial charge in [-0.15, -0.1) is 0 Å². The van der Waals surface area contributed by atoms with E-state index in [1.165, 1.54) is 10.6 Å². The standard InChI is InChI=1S/C14H19N3O4S/c1-22(19,20)17-6-4-10-7-12(21-13(10)9-17)14(18)16-11-3-2-5-15-8-11/h2-3,5,8,10,12-13H,4,6-7,9H2,1H3,(H,16,18)/t10-,12+,13-/m0/s1. The minimum Gasteiger partial charge on any atom is -0.363 e. The summed E-state index contributed by atoms with van der Waals surface area (Å²) in [6, 6.07) is 3.51. The first-order valence-electron chi connectivity index (χ1n) is 7.25. The number of amides is 1. The average Bonchev–Trinajstić information content (AvgIpc) is 2.90. The van der Waals surface area contributed by atoms with Crippen LogP contribution in [0.4, 0.5) is 5.69 Å². The van der Waals surface area contributed by atoms with Crippen molar-refractivity contribution in [3.05, 3.63) is 24.5 Å². The Bertz CT molecular complexity index is 649. The van der Waals surface area contributed by atoms with Crippen molar-refractivity contribution in [1.29, 1.82) is 0 Å². The monoisotopic (exact) mass is 325 g/mol. The highest BCUT2D eigenvalue weighted by atomic mass is 32.2. The third kappa shape index (κ3) is 3.29. The fraction of sp³-hybridized carbons (Fsp3) is 0.571. The van der Waals surface area contributed by atoms with E-state index in [4.69, 9.17) is 4.74 Å². The molecule has 0 aliphatic carbocycles. The largest absolute Gasteiger partial charge is 0.363 e. The van der Waals surface area contributed by atoms with Crippen LogP contribution in [0.1, 0.15) is 12.8 Å². The molecule has 0 spiro atoms. The summed E-state index contributed by atoms with van der Waals surface area (Å²) in [5, 5.41) is 2.78. The quantitative estimate of drug-likeness (QED) is 0.872. The van der Waals surface area contributed by atoms with E-state index >= 15 is 0 Å². The van der Waals surface area contributed by atoms with Gasteiger partial charge in [0.1, 0.15) is 6.10 Å². The van der Waals surface area contributed by atoms with Gasteiger partial charge in [0.2, 0.25) is 10.0 Å². The number of nitrogens with zero attached hydrogens (tertiary/aromatic N) is 2. The SMILES string of the molecule is CS(=O)(=O)N1CC[C@H]2C[C@H](C(=O)Nc3cccnc3)O[C@H]2C1. The molecule has 3 atom stereocenters. The number of hydrogen-bond acceptors (Lipinski definition) is 5. The lowest BCUT2D eigenvalue weighted by atomic mass is 9.93. The van der Waals surface area contributed by atoms with Gasteiger partial charge in [-0.3, -0.25) is 9.78 Å². The summed E-state index contributed by atoms with van der Waals surface area (Å²) in [5.41, 5.74) is 0.628. The second kappa shape index (κ2) is 5.94. The van der Waals surface area contributed by atoms with Crippen LogP contribution in [0.25, 0.3) is 0 Å². The van der Waals surface area contributed by atoms with Crippen LogP contribution in [-0.2, 0) is 19.6 Å². The number of nitrogens with one attached hydrogen (secondary N) is 1. The summed E-state index contributed by atoms with van der Waals surface area (Å²) in [7, 11) is -3.21. The van der Waals surface area contributed by atoms with E-state index in [0.717, 1.165) is 6.42 Å². The van der Waals surface area contributed by atoms with E-state index in [-0.39, 0.29) is 17.9 Å². The number of sulfonamides is 1. The van der Waals surface area contributed by atoms with Gasteiger partial charge < -0.3 is 10.1 Å². The van der Waals surface area contributed by atoms with Gasteiger partial charge >= 0.3 is 0 Å². The van der Waals surface area contributed by atoms with Crippen molar-refractivity contribution in [3.8, 4) is 0 Å². The van der Waals surface area contributed by atoms with Gasteiger partial charge in [0, 0.05) is 19.3 Å². The lowest BCUT2D eigenvalue weighted by molar-refractivity contribution is -0.127. The highest BCUT2D eigenvalue weighted by molar-refractivity contribution is 7.88. The lowest BCUT2D eigenvalue weighted by Crippen LogP contribution is -2.44. The summed E-state index contributed by atoms with van der Waals surface area (Å²) in [6.07, 6.45) is 5.04. The van der Waals surface area contributed by atoms with Crippen molar-refractivity contribution < 1.29 is 17.9 Å². The third-order valence-corrected chi connectivity index (χ3v) is 5.47. The second-order valence-electron chi connectivity index (χ2n) is 5.80. The molecule has 0 radical (unpaired) electrons. The summed E-state index contributed by atoms with van der Waals surface area (Å²) < 4.78 is 30.4. The topological polar surface area (TPSA) is 88.6 Å². The lowest BCUT2D eigenvalue weighted by Gasteiger charge is -2.32. The van der Waals surface area contributed by atoms with E-state index in [1.807, 2.05) is 0 Å². The molecule has 22 heavy (non-hydrogen) atoms. The summed E-state index contributed by atoms with van der Waals surface area (Å²) >= 11 is 0. The van der Waals surface area contributed by atoms with E-state index in [2.05, 4.69) is 10.3 Å². The van der Waals surface area contributed by atoms with Gasteiger partial charge in [-0.1, -0.05) is 0 Å². The molecule has 2 aliphatic heterocycles. The first-order valence-corrected chi connectivity index (χ1v) is 9.10. The number of carbonyl (C=O) groups excluding carboxylic acids is 1. The number of aromatic nitrogens is 1. The fourth-order valence-electron chi connectivity index (χ4n) is 3.03. The van der Waals surface area contributed by atoms with Crippen molar-refractivity contribution >= 4 is 21.6 Å². The molecule has 0 bridgehead atoms. The smallest absolute Gasteiger partial charge is 0.253 e. The van der Waals surface area contributed by atoms with Crippen molar-refractivity contribution in [1.82, 2.24) is 9.29 Å². The van der Waals surface area contributed by atoms with Crippen LogP contribution in [0.3, 0.4) is 0 Å². The number of rotatable bonds is 3. The van der Waals surface area contributed by atoms with Crippen LogP contribution < -0.4 is 5.32 Å². The Morgan fingerprint density at radius 2 is 2.32 bits per heavy atom. The third-order valence-electron chi connectivity index (χ3n) is 4.21. The minimum absolute atomic E-state index is 0.201. The van der Waals surface area contributed by atoms with Crippen molar-refractivity contribution in [2.45, 2.75) is 25.0 Å². The van der Waals surface area contributed by atoms with E-state index < -0.39 is 16.1 Å². The molecule has 2 aliphatic rings. The van der Waals surface area contributed by atoms with Crippen molar-refractivity contribution in [3.63, 3.8) is 0 Å². The molecule has 1 N–H and O–H groups in total. The average molecular weight is 325 g/mol. The Kier molecular flexibility index (Phi) is 4.16. The van der Waals surface area contributed by atoms with Crippen LogP contribution in [0.15, 0.2) is 24.5 Å². The van der Waals surface area contributed by atoms with Crippen LogP contribution in [0.2, 0.25) is 0 Å². The maximum Gasteiger partial charge on any atom is 0.253 e. The normalized spacial score (nSPS) is 29.0. The minimum atomic E-state index is -3.21. The van der Waals surface area contributed by atoms with Gasteiger partial charge in [-0.2, -0.15) is 4.31 Å². The number of anilines is 1. The first kappa shape index (κ1) is 15.4. The number of hydrogen-bond donors (Lipinski definition) is 1. The number of pyridine rings is 1. The highest BCUT2D eigenvalue weighted by Gasteiger charge is 2.43. The molecule has 120 valence electrons. The molecule has 0 saturated carbocycles. The Hall–Kier alpha value is -1.51. The molecule has 7 nitrogen and oxygen atoms in total. The molecule has 0 aromatic carbocycles. The van der Waals surface area contributed by atoms with Crippen LogP contribution in [0.5, 0.6) is 0 Å². The van der Waals surface area contributed by atoms with Gasteiger partial charge in [-0.25, -0.2) is 8.42 Å². The maximum absolute atomic E-state index is 12.2. The van der Waals surface area contributed by atoms with Crippen LogP contribution >= 0.6 is 0 Å². The summed E-state index contributed by atoms with van der Waals surface area (Å²) in [4.78, 5) is 16.2.